The molecule has 0 saturated carbocycles. The molecule has 29 heavy (non-hydrogen) atoms. The van der Waals surface area contributed by atoms with Crippen molar-refractivity contribution in [1.82, 2.24) is 10.3 Å². The second-order valence-corrected chi connectivity index (χ2v) is 9.54. The van der Waals surface area contributed by atoms with Crippen LogP contribution >= 0.6 is 0 Å². The summed E-state index contributed by atoms with van der Waals surface area (Å²) in [6, 6.07) is 11.9. The Kier molecular flexibility index (Phi) is 5.65. The van der Waals surface area contributed by atoms with E-state index in [-0.39, 0.29) is 16.7 Å². The van der Waals surface area contributed by atoms with Gasteiger partial charge in [-0.15, -0.1) is 0 Å². The first-order valence-electron chi connectivity index (χ1n) is 9.96. The molecule has 0 spiro atoms. The monoisotopic (exact) mass is 390 g/mol. The maximum Gasteiger partial charge on any atom is 0.251 e. The maximum absolute atomic E-state index is 12.9. The van der Waals surface area contributed by atoms with Gasteiger partial charge in [-0.2, -0.15) is 0 Å². The quantitative estimate of drug-likeness (QED) is 0.606. The normalized spacial score (nSPS) is 12.1. The van der Waals surface area contributed by atoms with Gasteiger partial charge in [0.2, 0.25) is 0 Å². The minimum atomic E-state index is -0.0787. The summed E-state index contributed by atoms with van der Waals surface area (Å²) in [7, 11) is 0. The number of furan rings is 1. The number of hydrogen-bond acceptors (Lipinski definition) is 3. The van der Waals surface area contributed by atoms with Crippen molar-refractivity contribution in [1.29, 1.82) is 0 Å². The number of rotatable bonds is 4. The predicted molar refractivity (Wildman–Crippen MR) is 117 cm³/mol. The number of pyridine rings is 1. The molecule has 3 rings (SSSR count). The average molecular weight is 391 g/mol. The van der Waals surface area contributed by atoms with E-state index in [0.717, 1.165) is 28.0 Å². The van der Waals surface area contributed by atoms with E-state index >= 15 is 0 Å². The SMILES string of the molecule is CC(C)(C)c1cc(C(=O)NCc2cncc(-c3ccco3)c2)cc(C(C)(C)C)c1. The van der Waals surface area contributed by atoms with E-state index in [9.17, 15) is 4.79 Å². The third-order valence-corrected chi connectivity index (χ3v) is 4.98. The van der Waals surface area contributed by atoms with E-state index in [1.807, 2.05) is 30.3 Å². The van der Waals surface area contributed by atoms with Gasteiger partial charge in [0.15, 0.2) is 0 Å². The van der Waals surface area contributed by atoms with Crippen molar-refractivity contribution in [2.24, 2.45) is 0 Å². The smallest absolute Gasteiger partial charge is 0.251 e. The van der Waals surface area contributed by atoms with Crippen LogP contribution in [0.4, 0.5) is 0 Å². The van der Waals surface area contributed by atoms with E-state index in [2.05, 4.69) is 57.9 Å². The van der Waals surface area contributed by atoms with Crippen molar-refractivity contribution in [3.05, 3.63) is 77.3 Å². The summed E-state index contributed by atoms with van der Waals surface area (Å²) in [6.45, 7) is 13.4. The Balaban J connectivity index is 1.81. The third-order valence-electron chi connectivity index (χ3n) is 4.98. The first kappa shape index (κ1) is 20.8. The van der Waals surface area contributed by atoms with Crippen molar-refractivity contribution < 1.29 is 9.21 Å². The van der Waals surface area contributed by atoms with Crippen LogP contribution < -0.4 is 5.32 Å². The van der Waals surface area contributed by atoms with Gasteiger partial charge in [0, 0.05) is 30.1 Å². The highest BCUT2D eigenvalue weighted by molar-refractivity contribution is 5.94. The fourth-order valence-corrected chi connectivity index (χ4v) is 3.07. The molecule has 0 radical (unpaired) electrons. The summed E-state index contributed by atoms with van der Waals surface area (Å²) in [5.41, 5.74) is 4.78. The minimum absolute atomic E-state index is 0.0302. The predicted octanol–water partition coefficient (Wildman–Crippen LogP) is 5.87. The number of amides is 1. The summed E-state index contributed by atoms with van der Waals surface area (Å²) in [5.74, 6) is 0.684. The fraction of sp³-hybridized carbons (Fsp3) is 0.360. The molecular formula is C25H30N2O2. The van der Waals surface area contributed by atoms with Crippen molar-refractivity contribution in [2.75, 3.05) is 0 Å². The van der Waals surface area contributed by atoms with Crippen molar-refractivity contribution in [3.8, 4) is 11.3 Å². The number of benzene rings is 1. The molecule has 4 heteroatoms. The molecule has 1 N–H and O–H groups in total. The largest absolute Gasteiger partial charge is 0.464 e. The molecular weight excluding hydrogens is 360 g/mol. The Morgan fingerprint density at radius 3 is 2.17 bits per heavy atom. The molecule has 4 nitrogen and oxygen atoms in total. The zero-order valence-electron chi connectivity index (χ0n) is 18.2. The Morgan fingerprint density at radius 2 is 1.62 bits per heavy atom. The fourth-order valence-electron chi connectivity index (χ4n) is 3.07. The van der Waals surface area contributed by atoms with Gasteiger partial charge in [-0.1, -0.05) is 47.6 Å². The van der Waals surface area contributed by atoms with Crippen LogP contribution in [0.2, 0.25) is 0 Å². The molecule has 1 aromatic carbocycles. The molecule has 0 aliphatic carbocycles. The van der Waals surface area contributed by atoms with Gasteiger partial charge in [-0.25, -0.2) is 0 Å². The van der Waals surface area contributed by atoms with Gasteiger partial charge >= 0.3 is 0 Å². The Hall–Kier alpha value is -2.88. The number of nitrogens with one attached hydrogen (secondary N) is 1. The van der Waals surface area contributed by atoms with E-state index in [4.69, 9.17) is 4.42 Å². The lowest BCUT2D eigenvalue weighted by Gasteiger charge is -2.26. The minimum Gasteiger partial charge on any atom is -0.464 e. The lowest BCUT2D eigenvalue weighted by Crippen LogP contribution is -2.25. The second-order valence-electron chi connectivity index (χ2n) is 9.54. The van der Waals surface area contributed by atoms with Crippen LogP contribution in [0.1, 0.15) is 68.6 Å². The van der Waals surface area contributed by atoms with E-state index in [1.54, 1.807) is 18.7 Å². The summed E-state index contributed by atoms with van der Waals surface area (Å²) in [6.07, 6.45) is 5.16. The van der Waals surface area contributed by atoms with Gasteiger partial charge in [0.25, 0.3) is 5.91 Å². The van der Waals surface area contributed by atoms with Crippen LogP contribution in [-0.4, -0.2) is 10.9 Å². The van der Waals surface area contributed by atoms with E-state index in [1.165, 1.54) is 0 Å². The van der Waals surface area contributed by atoms with Crippen molar-refractivity contribution >= 4 is 5.91 Å². The van der Waals surface area contributed by atoms with Crippen LogP contribution in [0.3, 0.4) is 0 Å². The lowest BCUT2D eigenvalue weighted by atomic mass is 9.79. The molecule has 0 saturated heterocycles. The highest BCUT2D eigenvalue weighted by Crippen LogP contribution is 2.30. The van der Waals surface area contributed by atoms with Crippen molar-refractivity contribution in [3.63, 3.8) is 0 Å². The number of aromatic nitrogens is 1. The zero-order chi connectivity index (χ0) is 21.2. The van der Waals surface area contributed by atoms with E-state index in [0.29, 0.717) is 12.1 Å². The molecule has 0 unspecified atom stereocenters. The number of hydrogen-bond donors (Lipinski definition) is 1. The highest BCUT2D eigenvalue weighted by atomic mass is 16.3. The summed E-state index contributed by atoms with van der Waals surface area (Å²) < 4.78 is 5.43. The van der Waals surface area contributed by atoms with Crippen molar-refractivity contribution in [2.45, 2.75) is 58.9 Å². The average Bonchev–Trinajstić information content (AvgIpc) is 3.19. The standard InChI is InChI=1S/C25H30N2O2/c1-24(2,3)20-11-18(12-21(13-20)25(4,5)6)23(28)27-15-17-10-19(16-26-14-17)22-8-7-9-29-22/h7-14,16H,15H2,1-6H3,(H,27,28). The van der Waals surface area contributed by atoms with Crippen LogP contribution in [0.15, 0.2) is 59.5 Å². The maximum atomic E-state index is 12.9. The summed E-state index contributed by atoms with van der Waals surface area (Å²) >= 11 is 0. The van der Waals surface area contributed by atoms with Crippen LogP contribution in [0.25, 0.3) is 11.3 Å². The Bertz CT molecular complexity index is 958. The van der Waals surface area contributed by atoms with Crippen LogP contribution in [0.5, 0.6) is 0 Å². The third kappa shape index (κ3) is 5.14. The molecule has 0 fully saturated rings. The molecule has 1 amide bonds. The highest BCUT2D eigenvalue weighted by Gasteiger charge is 2.22. The molecule has 0 aliphatic rings. The van der Waals surface area contributed by atoms with Gasteiger partial charge in [0.05, 0.1) is 6.26 Å². The van der Waals surface area contributed by atoms with Crippen LogP contribution in [-0.2, 0) is 17.4 Å². The summed E-state index contributed by atoms with van der Waals surface area (Å²) in [4.78, 5) is 17.2. The van der Waals surface area contributed by atoms with Gasteiger partial charge in [-0.05, 0) is 57.9 Å². The first-order valence-corrected chi connectivity index (χ1v) is 9.96. The molecule has 2 heterocycles. The molecule has 0 aliphatic heterocycles. The molecule has 2 aromatic heterocycles. The van der Waals surface area contributed by atoms with Gasteiger partial charge in [-0.3, -0.25) is 9.78 Å². The molecule has 3 aromatic rings. The van der Waals surface area contributed by atoms with Crippen LogP contribution in [0, 0.1) is 0 Å². The van der Waals surface area contributed by atoms with E-state index < -0.39 is 0 Å². The molecule has 0 bridgehead atoms. The second kappa shape index (κ2) is 7.86. The van der Waals surface area contributed by atoms with Gasteiger partial charge in [0.1, 0.15) is 5.76 Å². The number of carbonyl (C=O) groups is 1. The van der Waals surface area contributed by atoms with Gasteiger partial charge < -0.3 is 9.73 Å². The topological polar surface area (TPSA) is 55.1 Å². The lowest BCUT2D eigenvalue weighted by molar-refractivity contribution is 0.0950. The zero-order valence-corrected chi connectivity index (χ0v) is 18.2. The first-order chi connectivity index (χ1) is 13.5. The Labute approximate surface area is 173 Å². The summed E-state index contributed by atoms with van der Waals surface area (Å²) in [5, 5.41) is 3.04. The Morgan fingerprint density at radius 1 is 0.966 bits per heavy atom. The molecule has 0 atom stereocenters. The number of carbonyl (C=O) groups excluding carboxylic acids is 1. The molecule has 152 valence electrons. The number of nitrogens with zero attached hydrogens (tertiary/aromatic N) is 1.